The molecule has 1 N–H and O–H groups in total. The molecule has 3 heteroatoms. The molecule has 0 saturated carbocycles. The number of rotatable bonds is 4. The molecule has 0 fully saturated rings. The third kappa shape index (κ3) is 2.24. The van der Waals surface area contributed by atoms with Gasteiger partial charge in [-0.2, -0.15) is 0 Å². The number of pyridine rings is 1. The Kier molecular flexibility index (Phi) is 3.59. The van der Waals surface area contributed by atoms with Crippen molar-refractivity contribution in [1.82, 2.24) is 9.88 Å². The first kappa shape index (κ1) is 11.9. The summed E-state index contributed by atoms with van der Waals surface area (Å²) in [5.41, 5.74) is 1.97. The smallest absolute Gasteiger partial charge is 0.255 e. The summed E-state index contributed by atoms with van der Waals surface area (Å²) in [5.74, 6) is 0. The highest BCUT2D eigenvalue weighted by Gasteiger charge is 2.06. The van der Waals surface area contributed by atoms with Crippen LogP contribution in [0.5, 0.6) is 0 Å². The van der Waals surface area contributed by atoms with E-state index >= 15 is 0 Å². The van der Waals surface area contributed by atoms with Gasteiger partial charge in [0.1, 0.15) is 0 Å². The number of benzene rings is 1. The van der Waals surface area contributed by atoms with Crippen molar-refractivity contribution in [3.05, 3.63) is 46.2 Å². The van der Waals surface area contributed by atoms with Crippen LogP contribution in [0.25, 0.3) is 10.9 Å². The second-order valence-electron chi connectivity index (χ2n) is 4.06. The first-order chi connectivity index (χ1) is 8.27. The van der Waals surface area contributed by atoms with Crippen LogP contribution in [0.4, 0.5) is 0 Å². The van der Waals surface area contributed by atoms with Crippen molar-refractivity contribution in [2.75, 3.05) is 6.54 Å². The van der Waals surface area contributed by atoms with Gasteiger partial charge in [-0.3, -0.25) is 4.79 Å². The molecule has 0 aliphatic heterocycles. The van der Waals surface area contributed by atoms with Crippen LogP contribution in [0, 0.1) is 0 Å². The van der Waals surface area contributed by atoms with Crippen LogP contribution in [0.1, 0.15) is 19.4 Å². The summed E-state index contributed by atoms with van der Waals surface area (Å²) in [6.07, 6.45) is 0. The molecule has 2 aromatic rings. The summed E-state index contributed by atoms with van der Waals surface area (Å²) < 4.78 is 1.84. The van der Waals surface area contributed by atoms with Gasteiger partial charge in [0, 0.05) is 18.7 Å². The van der Waals surface area contributed by atoms with Gasteiger partial charge >= 0.3 is 0 Å². The Labute approximate surface area is 101 Å². The van der Waals surface area contributed by atoms with Crippen molar-refractivity contribution in [1.29, 1.82) is 0 Å². The molecule has 0 bridgehead atoms. The molecular formula is C14H18N2O. The molecule has 3 nitrogen and oxygen atoms in total. The third-order valence-corrected chi connectivity index (χ3v) is 2.96. The van der Waals surface area contributed by atoms with E-state index < -0.39 is 0 Å². The number of hydrogen-bond donors (Lipinski definition) is 1. The number of hydrogen-bond acceptors (Lipinski definition) is 2. The van der Waals surface area contributed by atoms with E-state index in [0.717, 1.165) is 23.0 Å². The minimum absolute atomic E-state index is 0.118. The molecule has 1 aromatic heterocycles. The van der Waals surface area contributed by atoms with Gasteiger partial charge in [0.15, 0.2) is 0 Å². The Hall–Kier alpha value is -1.61. The van der Waals surface area contributed by atoms with Gasteiger partial charge in [0.2, 0.25) is 0 Å². The molecule has 0 amide bonds. The topological polar surface area (TPSA) is 34.0 Å². The number of para-hydroxylation sites is 1. The number of fused-ring (bicyclic) bond motifs is 1. The van der Waals surface area contributed by atoms with E-state index in [-0.39, 0.29) is 5.56 Å². The minimum Gasteiger partial charge on any atom is -0.313 e. The maximum absolute atomic E-state index is 12.2. The lowest BCUT2D eigenvalue weighted by Gasteiger charge is -2.11. The van der Waals surface area contributed by atoms with Crippen molar-refractivity contribution < 1.29 is 0 Å². The first-order valence-electron chi connectivity index (χ1n) is 6.10. The van der Waals surface area contributed by atoms with Crippen LogP contribution in [-0.2, 0) is 13.1 Å². The summed E-state index contributed by atoms with van der Waals surface area (Å²) in [7, 11) is 0. The fraction of sp³-hybridized carbons (Fsp3) is 0.357. The molecule has 0 atom stereocenters. The average Bonchev–Trinajstić information content (AvgIpc) is 2.36. The summed E-state index contributed by atoms with van der Waals surface area (Å²) in [5, 5.41) is 4.33. The highest BCUT2D eigenvalue weighted by atomic mass is 16.1. The molecule has 1 aromatic carbocycles. The van der Waals surface area contributed by atoms with Gasteiger partial charge < -0.3 is 9.88 Å². The van der Waals surface area contributed by atoms with Crippen LogP contribution in [-0.4, -0.2) is 11.1 Å². The molecule has 90 valence electrons. The van der Waals surface area contributed by atoms with Crippen LogP contribution in [0.15, 0.2) is 35.1 Å². The maximum atomic E-state index is 12.2. The Morgan fingerprint density at radius 3 is 2.71 bits per heavy atom. The van der Waals surface area contributed by atoms with Crippen molar-refractivity contribution >= 4 is 10.9 Å². The lowest BCUT2D eigenvalue weighted by atomic mass is 10.1. The third-order valence-electron chi connectivity index (χ3n) is 2.96. The number of aromatic nitrogens is 1. The molecule has 2 rings (SSSR count). The van der Waals surface area contributed by atoms with Crippen molar-refractivity contribution in [2.45, 2.75) is 26.9 Å². The zero-order valence-corrected chi connectivity index (χ0v) is 10.4. The van der Waals surface area contributed by atoms with Gasteiger partial charge in [-0.25, -0.2) is 0 Å². The molecular weight excluding hydrogens is 212 g/mol. The van der Waals surface area contributed by atoms with Crippen LogP contribution in [0.2, 0.25) is 0 Å². The Morgan fingerprint density at radius 1 is 1.24 bits per heavy atom. The first-order valence-corrected chi connectivity index (χ1v) is 6.10. The Morgan fingerprint density at radius 2 is 2.00 bits per heavy atom. The summed E-state index contributed by atoms with van der Waals surface area (Å²) >= 11 is 0. The van der Waals surface area contributed by atoms with E-state index in [1.54, 1.807) is 0 Å². The summed E-state index contributed by atoms with van der Waals surface area (Å²) in [4.78, 5) is 12.2. The summed E-state index contributed by atoms with van der Waals surface area (Å²) in [6, 6.07) is 10.0. The largest absolute Gasteiger partial charge is 0.313 e. The molecule has 0 aliphatic rings. The second-order valence-corrected chi connectivity index (χ2v) is 4.06. The molecule has 0 radical (unpaired) electrons. The fourth-order valence-electron chi connectivity index (χ4n) is 2.09. The van der Waals surface area contributed by atoms with Crippen LogP contribution < -0.4 is 10.9 Å². The second kappa shape index (κ2) is 5.15. The SMILES string of the molecule is CCNCc1cc2ccccc2n(CC)c1=O. The van der Waals surface area contributed by atoms with Gasteiger partial charge in [0.05, 0.1) is 5.52 Å². The molecule has 0 aliphatic carbocycles. The molecule has 0 unspecified atom stereocenters. The zero-order chi connectivity index (χ0) is 12.3. The van der Waals surface area contributed by atoms with E-state index in [1.807, 2.05) is 42.7 Å². The Balaban J connectivity index is 2.63. The van der Waals surface area contributed by atoms with Crippen molar-refractivity contribution in [2.24, 2.45) is 0 Å². The number of nitrogens with zero attached hydrogens (tertiary/aromatic N) is 1. The lowest BCUT2D eigenvalue weighted by molar-refractivity contribution is 0.693. The van der Waals surface area contributed by atoms with E-state index in [1.165, 1.54) is 0 Å². The van der Waals surface area contributed by atoms with Gasteiger partial charge in [-0.05, 0) is 31.0 Å². The normalized spacial score (nSPS) is 10.9. The van der Waals surface area contributed by atoms with Crippen molar-refractivity contribution in [3.63, 3.8) is 0 Å². The van der Waals surface area contributed by atoms with Crippen molar-refractivity contribution in [3.8, 4) is 0 Å². The van der Waals surface area contributed by atoms with E-state index in [9.17, 15) is 4.79 Å². The molecule has 0 saturated heterocycles. The molecule has 17 heavy (non-hydrogen) atoms. The van der Waals surface area contributed by atoms with Crippen LogP contribution >= 0.6 is 0 Å². The lowest BCUT2D eigenvalue weighted by Crippen LogP contribution is -2.27. The average molecular weight is 230 g/mol. The quantitative estimate of drug-likeness (QED) is 0.873. The molecule has 1 heterocycles. The molecule has 0 spiro atoms. The van der Waals surface area contributed by atoms with E-state index in [4.69, 9.17) is 0 Å². The minimum atomic E-state index is 0.118. The van der Waals surface area contributed by atoms with E-state index in [0.29, 0.717) is 13.1 Å². The van der Waals surface area contributed by atoms with Gasteiger partial charge in [-0.15, -0.1) is 0 Å². The van der Waals surface area contributed by atoms with Gasteiger partial charge in [-0.1, -0.05) is 25.1 Å². The van der Waals surface area contributed by atoms with Gasteiger partial charge in [0.25, 0.3) is 5.56 Å². The Bertz CT molecular complexity index is 572. The zero-order valence-electron chi connectivity index (χ0n) is 10.4. The highest BCUT2D eigenvalue weighted by molar-refractivity contribution is 5.79. The fourth-order valence-corrected chi connectivity index (χ4v) is 2.09. The monoisotopic (exact) mass is 230 g/mol. The predicted octanol–water partition coefficient (Wildman–Crippen LogP) is 2.13. The number of nitrogens with one attached hydrogen (secondary N) is 1. The van der Waals surface area contributed by atoms with Crippen LogP contribution in [0.3, 0.4) is 0 Å². The standard InChI is InChI=1S/C14H18N2O/c1-3-15-10-12-9-11-7-5-6-8-13(11)16(4-2)14(12)17/h5-9,15H,3-4,10H2,1-2H3. The predicted molar refractivity (Wildman–Crippen MR) is 71.3 cm³/mol. The maximum Gasteiger partial charge on any atom is 0.255 e. The summed E-state index contributed by atoms with van der Waals surface area (Å²) in [6.45, 7) is 6.27. The number of aryl methyl sites for hydroxylation is 1. The highest BCUT2D eigenvalue weighted by Crippen LogP contribution is 2.13. The van der Waals surface area contributed by atoms with E-state index in [2.05, 4.69) is 11.4 Å².